The third-order valence-corrected chi connectivity index (χ3v) is 5.60. The largest absolute Gasteiger partial charge is 0.480 e. The zero-order valence-corrected chi connectivity index (χ0v) is 16.3. The third-order valence-electron chi connectivity index (χ3n) is 5.34. The normalized spacial score (nSPS) is 16.1. The first-order valence-electron chi connectivity index (χ1n) is 9.18. The second-order valence-corrected chi connectivity index (χ2v) is 7.65. The van der Waals surface area contributed by atoms with Crippen molar-refractivity contribution in [3.63, 3.8) is 0 Å². The van der Waals surface area contributed by atoms with Gasteiger partial charge in [0.2, 0.25) is 5.91 Å². The Hall–Kier alpha value is -2.34. The molecule has 0 unspecified atom stereocenters. The topological polar surface area (TPSA) is 84.2 Å². The lowest BCUT2D eigenvalue weighted by Crippen LogP contribution is -2.56. The average molecular weight is 390 g/mol. The Labute approximate surface area is 163 Å². The van der Waals surface area contributed by atoms with Gasteiger partial charge in [0.1, 0.15) is 5.54 Å². The van der Waals surface area contributed by atoms with Crippen LogP contribution >= 0.6 is 11.6 Å². The Bertz CT molecular complexity index is 852. The van der Waals surface area contributed by atoms with E-state index in [0.717, 1.165) is 41.9 Å². The van der Waals surface area contributed by atoms with E-state index in [4.69, 9.17) is 11.6 Å². The van der Waals surface area contributed by atoms with Crippen molar-refractivity contribution in [2.45, 2.75) is 57.9 Å². The van der Waals surface area contributed by atoms with Gasteiger partial charge in [-0.05, 0) is 51.0 Å². The molecule has 7 heteroatoms. The van der Waals surface area contributed by atoms with Crippen LogP contribution in [0.1, 0.15) is 49.1 Å². The minimum absolute atomic E-state index is 0.111. The van der Waals surface area contributed by atoms with Gasteiger partial charge >= 0.3 is 5.97 Å². The fourth-order valence-corrected chi connectivity index (χ4v) is 3.91. The van der Waals surface area contributed by atoms with Crippen LogP contribution in [0.2, 0.25) is 5.02 Å². The van der Waals surface area contributed by atoms with Crippen LogP contribution in [-0.4, -0.2) is 32.3 Å². The van der Waals surface area contributed by atoms with Gasteiger partial charge in [0, 0.05) is 16.3 Å². The van der Waals surface area contributed by atoms with Gasteiger partial charge < -0.3 is 10.4 Å². The average Bonchev–Trinajstić information content (AvgIpc) is 2.91. The lowest BCUT2D eigenvalue weighted by Gasteiger charge is -2.34. The molecule has 1 amide bonds. The number of halogens is 1. The van der Waals surface area contributed by atoms with E-state index in [0.29, 0.717) is 17.9 Å². The highest BCUT2D eigenvalue weighted by Crippen LogP contribution is 2.29. The predicted octanol–water partition coefficient (Wildman–Crippen LogP) is 3.59. The van der Waals surface area contributed by atoms with Crippen molar-refractivity contribution < 1.29 is 14.7 Å². The minimum Gasteiger partial charge on any atom is -0.480 e. The summed E-state index contributed by atoms with van der Waals surface area (Å²) in [4.78, 5) is 24.4. The minimum atomic E-state index is -1.14. The van der Waals surface area contributed by atoms with Crippen LogP contribution in [0.4, 0.5) is 0 Å². The predicted molar refractivity (Wildman–Crippen MR) is 103 cm³/mol. The number of carboxylic acid groups (broad SMARTS) is 1. The highest BCUT2D eigenvalue weighted by Gasteiger charge is 2.41. The van der Waals surface area contributed by atoms with Gasteiger partial charge in [-0.25, -0.2) is 9.48 Å². The van der Waals surface area contributed by atoms with Crippen LogP contribution in [0, 0.1) is 13.8 Å². The second kappa shape index (κ2) is 7.72. The van der Waals surface area contributed by atoms with E-state index in [2.05, 4.69) is 10.4 Å². The molecular formula is C20H24ClN3O3. The van der Waals surface area contributed by atoms with Gasteiger partial charge in [-0.1, -0.05) is 30.9 Å². The van der Waals surface area contributed by atoms with Crippen molar-refractivity contribution in [3.8, 4) is 5.69 Å². The van der Waals surface area contributed by atoms with Gasteiger partial charge in [0.05, 0.1) is 17.8 Å². The lowest BCUT2D eigenvalue weighted by atomic mass is 9.81. The highest BCUT2D eigenvalue weighted by molar-refractivity contribution is 6.30. The molecule has 1 aromatic carbocycles. The molecule has 0 radical (unpaired) electrons. The molecule has 0 saturated heterocycles. The lowest BCUT2D eigenvalue weighted by molar-refractivity contribution is -0.149. The number of carbonyl (C=O) groups is 2. The number of aromatic nitrogens is 2. The van der Waals surface area contributed by atoms with Crippen LogP contribution in [0.25, 0.3) is 5.69 Å². The van der Waals surface area contributed by atoms with Crippen molar-refractivity contribution in [1.29, 1.82) is 0 Å². The van der Waals surface area contributed by atoms with E-state index in [1.54, 1.807) is 16.8 Å². The first-order chi connectivity index (χ1) is 12.8. The second-order valence-electron chi connectivity index (χ2n) is 7.21. The number of rotatable bonds is 5. The number of amides is 1. The summed E-state index contributed by atoms with van der Waals surface area (Å²) in [6.07, 6.45) is 3.72. The van der Waals surface area contributed by atoms with Crippen LogP contribution in [-0.2, 0) is 16.0 Å². The van der Waals surface area contributed by atoms with Crippen LogP contribution < -0.4 is 5.32 Å². The van der Waals surface area contributed by atoms with E-state index in [9.17, 15) is 14.7 Å². The molecule has 0 aliphatic heterocycles. The van der Waals surface area contributed by atoms with Gasteiger partial charge in [0.25, 0.3) is 0 Å². The molecule has 6 nitrogen and oxygen atoms in total. The van der Waals surface area contributed by atoms with Crippen LogP contribution in [0.3, 0.4) is 0 Å². The number of carboxylic acids is 1. The summed E-state index contributed by atoms with van der Waals surface area (Å²) in [6.45, 7) is 3.76. The molecular weight excluding hydrogens is 366 g/mol. The quantitative estimate of drug-likeness (QED) is 0.818. The maximum Gasteiger partial charge on any atom is 0.329 e. The fourth-order valence-electron chi connectivity index (χ4n) is 3.78. The number of aryl methyl sites for hydroxylation is 1. The molecule has 1 heterocycles. The summed E-state index contributed by atoms with van der Waals surface area (Å²) in [6, 6.07) is 7.32. The maximum atomic E-state index is 12.7. The number of nitrogens with zero attached hydrogens (tertiary/aromatic N) is 2. The van der Waals surface area contributed by atoms with E-state index in [1.165, 1.54) is 0 Å². The first-order valence-corrected chi connectivity index (χ1v) is 9.56. The molecule has 3 rings (SSSR count). The van der Waals surface area contributed by atoms with Gasteiger partial charge in [0.15, 0.2) is 0 Å². The summed E-state index contributed by atoms with van der Waals surface area (Å²) < 4.78 is 1.78. The van der Waals surface area contributed by atoms with Gasteiger partial charge in [-0.15, -0.1) is 0 Å². The summed E-state index contributed by atoms with van der Waals surface area (Å²) in [5, 5.41) is 17.6. The summed E-state index contributed by atoms with van der Waals surface area (Å²) in [7, 11) is 0. The molecule has 144 valence electrons. The SMILES string of the molecule is Cc1nn(-c2ccc(Cl)cc2)c(C)c1CC(=O)NC1(C(=O)O)CCCCC1. The highest BCUT2D eigenvalue weighted by atomic mass is 35.5. The molecule has 0 spiro atoms. The van der Waals surface area contributed by atoms with E-state index in [-0.39, 0.29) is 12.3 Å². The van der Waals surface area contributed by atoms with Gasteiger partial charge in [-0.3, -0.25) is 4.79 Å². The van der Waals surface area contributed by atoms with Crippen molar-refractivity contribution in [3.05, 3.63) is 46.2 Å². The fraction of sp³-hybridized carbons (Fsp3) is 0.450. The summed E-state index contributed by atoms with van der Waals surface area (Å²) >= 11 is 5.94. The number of carbonyl (C=O) groups excluding carboxylic acids is 1. The van der Waals surface area contributed by atoms with Gasteiger partial charge in [-0.2, -0.15) is 5.10 Å². The Morgan fingerprint density at radius 3 is 2.41 bits per heavy atom. The van der Waals surface area contributed by atoms with E-state index < -0.39 is 11.5 Å². The Kier molecular flexibility index (Phi) is 5.56. The molecule has 1 saturated carbocycles. The van der Waals surface area contributed by atoms with Crippen molar-refractivity contribution in [2.24, 2.45) is 0 Å². The van der Waals surface area contributed by atoms with E-state index >= 15 is 0 Å². The molecule has 1 aliphatic carbocycles. The number of hydrogen-bond donors (Lipinski definition) is 2. The first kappa shape index (κ1) is 19.4. The molecule has 1 fully saturated rings. The van der Waals surface area contributed by atoms with Crippen molar-refractivity contribution in [1.82, 2.24) is 15.1 Å². The standard InChI is InChI=1S/C20H24ClN3O3/c1-13-17(14(2)24(23-13)16-8-6-15(21)7-9-16)12-18(25)22-20(19(26)27)10-4-3-5-11-20/h6-9H,3-5,10-12H2,1-2H3,(H,22,25)(H,26,27). The Morgan fingerprint density at radius 1 is 1.19 bits per heavy atom. The molecule has 1 aromatic heterocycles. The zero-order valence-electron chi connectivity index (χ0n) is 15.6. The Morgan fingerprint density at radius 2 is 1.81 bits per heavy atom. The van der Waals surface area contributed by atoms with Crippen molar-refractivity contribution >= 4 is 23.5 Å². The molecule has 0 atom stereocenters. The van der Waals surface area contributed by atoms with E-state index in [1.807, 2.05) is 26.0 Å². The third kappa shape index (κ3) is 4.00. The molecule has 27 heavy (non-hydrogen) atoms. The smallest absolute Gasteiger partial charge is 0.329 e. The monoisotopic (exact) mass is 389 g/mol. The maximum absolute atomic E-state index is 12.7. The number of benzene rings is 1. The summed E-state index contributed by atoms with van der Waals surface area (Å²) in [5.41, 5.74) is 2.16. The molecule has 1 aliphatic rings. The van der Waals surface area contributed by atoms with Crippen LogP contribution in [0.5, 0.6) is 0 Å². The van der Waals surface area contributed by atoms with Crippen LogP contribution in [0.15, 0.2) is 24.3 Å². The molecule has 0 bridgehead atoms. The number of aliphatic carboxylic acids is 1. The molecule has 2 N–H and O–H groups in total. The summed E-state index contributed by atoms with van der Waals surface area (Å²) in [5.74, 6) is -1.22. The molecule has 2 aromatic rings. The number of hydrogen-bond acceptors (Lipinski definition) is 3. The number of nitrogens with one attached hydrogen (secondary N) is 1. The Balaban J connectivity index is 1.80. The van der Waals surface area contributed by atoms with Crippen molar-refractivity contribution in [2.75, 3.05) is 0 Å². The zero-order chi connectivity index (χ0) is 19.6.